The molecule has 0 saturated heterocycles. The monoisotopic (exact) mass is 196 g/mol. The van der Waals surface area contributed by atoms with Crippen molar-refractivity contribution in [2.24, 2.45) is 11.7 Å². The third-order valence-corrected chi connectivity index (χ3v) is 3.92. The van der Waals surface area contributed by atoms with Crippen LogP contribution in [0, 0.1) is 5.92 Å². The smallest absolute Gasteiger partial charge is 0.110 e. The average molecular weight is 196 g/mol. The van der Waals surface area contributed by atoms with E-state index in [1.165, 1.54) is 17.7 Å². The summed E-state index contributed by atoms with van der Waals surface area (Å²) in [5.41, 5.74) is 6.06. The molecule has 0 amide bonds. The van der Waals surface area contributed by atoms with Crippen LogP contribution in [0.25, 0.3) is 0 Å². The van der Waals surface area contributed by atoms with Crippen molar-refractivity contribution in [1.29, 1.82) is 0 Å². The van der Waals surface area contributed by atoms with Crippen LogP contribution in [0.4, 0.5) is 0 Å². The summed E-state index contributed by atoms with van der Waals surface area (Å²) in [7, 11) is 0. The third-order valence-electron chi connectivity index (χ3n) is 2.53. The predicted octanol–water partition coefficient (Wildman–Crippen LogP) is 2.68. The molecule has 0 aromatic carbocycles. The van der Waals surface area contributed by atoms with Crippen molar-refractivity contribution in [2.45, 2.75) is 38.6 Å². The van der Waals surface area contributed by atoms with Gasteiger partial charge < -0.3 is 5.73 Å². The first-order valence-corrected chi connectivity index (χ1v) is 5.71. The zero-order valence-corrected chi connectivity index (χ0v) is 8.97. The molecule has 1 heterocycles. The first-order chi connectivity index (χ1) is 6.18. The lowest BCUT2D eigenvalue weighted by Gasteiger charge is -2.04. The lowest BCUT2D eigenvalue weighted by atomic mass is 10.2. The standard InChI is InChI=1S/C10H16N2S/c1-6(2)8-5-12-10(13-8)9(11)7-3-4-7/h5-7,9H,3-4,11H2,1-2H3. The summed E-state index contributed by atoms with van der Waals surface area (Å²) in [6, 6.07) is 0.206. The van der Waals surface area contributed by atoms with E-state index in [4.69, 9.17) is 5.73 Å². The zero-order chi connectivity index (χ0) is 9.42. The van der Waals surface area contributed by atoms with E-state index in [1.54, 1.807) is 11.3 Å². The number of nitrogens with zero attached hydrogens (tertiary/aromatic N) is 1. The fraction of sp³-hybridized carbons (Fsp3) is 0.700. The van der Waals surface area contributed by atoms with Gasteiger partial charge in [-0.05, 0) is 24.7 Å². The van der Waals surface area contributed by atoms with Crippen molar-refractivity contribution in [2.75, 3.05) is 0 Å². The van der Waals surface area contributed by atoms with Gasteiger partial charge in [0.25, 0.3) is 0 Å². The third kappa shape index (κ3) is 1.92. The summed E-state index contributed by atoms with van der Waals surface area (Å²) in [6.07, 6.45) is 4.56. The van der Waals surface area contributed by atoms with Gasteiger partial charge >= 0.3 is 0 Å². The van der Waals surface area contributed by atoms with Crippen molar-refractivity contribution in [1.82, 2.24) is 4.98 Å². The predicted molar refractivity (Wildman–Crippen MR) is 55.9 cm³/mol. The summed E-state index contributed by atoms with van der Waals surface area (Å²) < 4.78 is 0. The van der Waals surface area contributed by atoms with Gasteiger partial charge in [0.15, 0.2) is 0 Å². The highest BCUT2D eigenvalue weighted by Gasteiger charge is 2.31. The highest BCUT2D eigenvalue weighted by atomic mass is 32.1. The summed E-state index contributed by atoms with van der Waals surface area (Å²) in [5.74, 6) is 1.30. The lowest BCUT2D eigenvalue weighted by molar-refractivity contribution is 0.629. The molecule has 1 saturated carbocycles. The highest BCUT2D eigenvalue weighted by Crippen LogP contribution is 2.40. The number of thiazole rings is 1. The number of rotatable bonds is 3. The average Bonchev–Trinajstić information content (AvgIpc) is 2.81. The van der Waals surface area contributed by atoms with E-state index in [-0.39, 0.29) is 6.04 Å². The Morgan fingerprint density at radius 2 is 2.23 bits per heavy atom. The molecule has 72 valence electrons. The van der Waals surface area contributed by atoms with Crippen molar-refractivity contribution in [3.8, 4) is 0 Å². The summed E-state index contributed by atoms with van der Waals surface area (Å²) >= 11 is 1.78. The van der Waals surface area contributed by atoms with Crippen LogP contribution < -0.4 is 5.73 Å². The number of aromatic nitrogens is 1. The Kier molecular flexibility index (Phi) is 2.39. The van der Waals surface area contributed by atoms with Crippen molar-refractivity contribution >= 4 is 11.3 Å². The molecule has 1 atom stereocenters. The number of hydrogen-bond acceptors (Lipinski definition) is 3. The minimum atomic E-state index is 0.206. The van der Waals surface area contributed by atoms with Crippen molar-refractivity contribution < 1.29 is 0 Å². The Hall–Kier alpha value is -0.410. The summed E-state index contributed by atoms with van der Waals surface area (Å²) in [4.78, 5) is 5.75. The van der Waals surface area contributed by atoms with E-state index >= 15 is 0 Å². The maximum Gasteiger partial charge on any atom is 0.110 e. The SMILES string of the molecule is CC(C)c1cnc(C(N)C2CC2)s1. The molecular formula is C10H16N2S. The Bertz CT molecular complexity index is 289. The molecule has 2 N–H and O–H groups in total. The molecule has 1 aromatic rings. The van der Waals surface area contributed by atoms with Crippen LogP contribution in [0.2, 0.25) is 0 Å². The minimum Gasteiger partial charge on any atom is -0.322 e. The lowest BCUT2D eigenvalue weighted by Crippen LogP contribution is -2.11. The molecule has 1 aromatic heterocycles. The molecular weight excluding hydrogens is 180 g/mol. The maximum absolute atomic E-state index is 6.06. The zero-order valence-electron chi connectivity index (χ0n) is 8.16. The Labute approximate surface area is 83.2 Å². The van der Waals surface area contributed by atoms with Crippen LogP contribution in [0.3, 0.4) is 0 Å². The topological polar surface area (TPSA) is 38.9 Å². The van der Waals surface area contributed by atoms with Crippen LogP contribution >= 0.6 is 11.3 Å². The molecule has 13 heavy (non-hydrogen) atoms. The number of hydrogen-bond donors (Lipinski definition) is 1. The van der Waals surface area contributed by atoms with Gasteiger partial charge in [-0.25, -0.2) is 4.98 Å². The molecule has 3 heteroatoms. The van der Waals surface area contributed by atoms with Crippen LogP contribution in [0.15, 0.2) is 6.20 Å². The fourth-order valence-electron chi connectivity index (χ4n) is 1.38. The quantitative estimate of drug-likeness (QED) is 0.807. The largest absolute Gasteiger partial charge is 0.322 e. The van der Waals surface area contributed by atoms with Gasteiger partial charge in [-0.1, -0.05) is 13.8 Å². The van der Waals surface area contributed by atoms with E-state index in [2.05, 4.69) is 18.8 Å². The molecule has 0 aliphatic heterocycles. The van der Waals surface area contributed by atoms with Gasteiger partial charge in [0.1, 0.15) is 5.01 Å². The van der Waals surface area contributed by atoms with E-state index in [1.807, 2.05) is 6.20 Å². The summed E-state index contributed by atoms with van der Waals surface area (Å²) in [6.45, 7) is 4.39. The Balaban J connectivity index is 2.11. The van der Waals surface area contributed by atoms with Gasteiger partial charge in [-0.2, -0.15) is 0 Å². The van der Waals surface area contributed by atoms with Gasteiger partial charge in [0, 0.05) is 11.1 Å². The second-order valence-corrected chi connectivity index (χ2v) is 5.21. The highest BCUT2D eigenvalue weighted by molar-refractivity contribution is 7.11. The first-order valence-electron chi connectivity index (χ1n) is 4.89. The molecule has 1 aliphatic carbocycles. The maximum atomic E-state index is 6.06. The normalized spacial score (nSPS) is 19.4. The van der Waals surface area contributed by atoms with Crippen LogP contribution in [-0.2, 0) is 0 Å². The molecule has 0 bridgehead atoms. The molecule has 0 spiro atoms. The fourth-order valence-corrected chi connectivity index (χ4v) is 2.40. The van der Waals surface area contributed by atoms with Crippen molar-refractivity contribution in [3.63, 3.8) is 0 Å². The van der Waals surface area contributed by atoms with E-state index < -0.39 is 0 Å². The minimum absolute atomic E-state index is 0.206. The first kappa shape index (κ1) is 9.16. The van der Waals surface area contributed by atoms with Gasteiger partial charge in [0.2, 0.25) is 0 Å². The molecule has 0 radical (unpaired) electrons. The van der Waals surface area contributed by atoms with Gasteiger partial charge in [0.05, 0.1) is 6.04 Å². The van der Waals surface area contributed by atoms with Crippen molar-refractivity contribution in [3.05, 3.63) is 16.1 Å². The molecule has 2 rings (SSSR count). The molecule has 1 aliphatic rings. The van der Waals surface area contributed by atoms with E-state index in [9.17, 15) is 0 Å². The molecule has 1 unspecified atom stereocenters. The summed E-state index contributed by atoms with van der Waals surface area (Å²) in [5, 5.41) is 1.13. The molecule has 1 fully saturated rings. The Morgan fingerprint density at radius 1 is 1.54 bits per heavy atom. The van der Waals surface area contributed by atoms with Gasteiger partial charge in [-0.15, -0.1) is 11.3 Å². The van der Waals surface area contributed by atoms with Crippen LogP contribution in [0.1, 0.15) is 48.5 Å². The molecule has 2 nitrogen and oxygen atoms in total. The van der Waals surface area contributed by atoms with Crippen LogP contribution in [-0.4, -0.2) is 4.98 Å². The van der Waals surface area contributed by atoms with E-state index in [0.29, 0.717) is 11.8 Å². The number of nitrogens with two attached hydrogens (primary N) is 1. The van der Waals surface area contributed by atoms with Crippen LogP contribution in [0.5, 0.6) is 0 Å². The second-order valence-electron chi connectivity index (χ2n) is 4.12. The second kappa shape index (κ2) is 3.39. The van der Waals surface area contributed by atoms with E-state index in [0.717, 1.165) is 5.01 Å². The van der Waals surface area contributed by atoms with Gasteiger partial charge in [-0.3, -0.25) is 0 Å². The Morgan fingerprint density at radius 3 is 2.69 bits per heavy atom.